The Morgan fingerprint density at radius 1 is 1.39 bits per heavy atom. The molecule has 0 aliphatic heterocycles. The number of hydrogen-bond donors (Lipinski definition) is 1. The smallest absolute Gasteiger partial charge is 0.165 e. The number of rotatable bonds is 6. The Morgan fingerprint density at radius 2 is 2.11 bits per heavy atom. The Balaban J connectivity index is 2.11. The zero-order valence-corrected chi connectivity index (χ0v) is 11.4. The SMILES string of the molecule is CCOc1ccc(C2(CNC(C)C)CC2)cc1F. The molecule has 1 aliphatic rings. The summed E-state index contributed by atoms with van der Waals surface area (Å²) in [5, 5.41) is 3.45. The minimum Gasteiger partial charge on any atom is -0.491 e. The minimum absolute atomic E-state index is 0.149. The van der Waals surface area contributed by atoms with E-state index < -0.39 is 0 Å². The van der Waals surface area contributed by atoms with Crippen LogP contribution in [-0.4, -0.2) is 19.2 Å². The molecule has 0 spiro atoms. The molecule has 100 valence electrons. The van der Waals surface area contributed by atoms with Crippen LogP contribution in [0.1, 0.15) is 39.2 Å². The summed E-state index contributed by atoms with van der Waals surface area (Å²) in [6.07, 6.45) is 2.28. The average molecular weight is 251 g/mol. The highest BCUT2D eigenvalue weighted by Gasteiger charge is 2.44. The van der Waals surface area contributed by atoms with Gasteiger partial charge in [-0.3, -0.25) is 0 Å². The number of nitrogens with one attached hydrogen (secondary N) is 1. The molecule has 1 fully saturated rings. The second-order valence-corrected chi connectivity index (χ2v) is 5.39. The van der Waals surface area contributed by atoms with E-state index in [-0.39, 0.29) is 11.2 Å². The van der Waals surface area contributed by atoms with Crippen LogP contribution in [0.2, 0.25) is 0 Å². The van der Waals surface area contributed by atoms with Gasteiger partial charge in [-0.15, -0.1) is 0 Å². The maximum absolute atomic E-state index is 13.8. The van der Waals surface area contributed by atoms with Crippen LogP contribution in [0.5, 0.6) is 5.75 Å². The molecule has 1 N–H and O–H groups in total. The number of benzene rings is 1. The molecular weight excluding hydrogens is 229 g/mol. The predicted octanol–water partition coefficient (Wildman–Crippen LogP) is 3.25. The maximum atomic E-state index is 13.8. The van der Waals surface area contributed by atoms with Crippen molar-refractivity contribution in [1.82, 2.24) is 5.32 Å². The van der Waals surface area contributed by atoms with Gasteiger partial charge in [-0.2, -0.15) is 0 Å². The van der Waals surface area contributed by atoms with Gasteiger partial charge < -0.3 is 10.1 Å². The van der Waals surface area contributed by atoms with E-state index in [4.69, 9.17) is 4.74 Å². The van der Waals surface area contributed by atoms with Crippen LogP contribution in [0.3, 0.4) is 0 Å². The fraction of sp³-hybridized carbons (Fsp3) is 0.600. The van der Waals surface area contributed by atoms with Crippen molar-refractivity contribution in [2.24, 2.45) is 0 Å². The largest absolute Gasteiger partial charge is 0.491 e. The standard InChI is InChI=1S/C15H22FNO/c1-4-18-14-6-5-12(9-13(14)16)15(7-8-15)10-17-11(2)3/h5-6,9,11,17H,4,7-8,10H2,1-3H3. The van der Waals surface area contributed by atoms with Crippen LogP contribution in [-0.2, 0) is 5.41 Å². The van der Waals surface area contributed by atoms with Crippen LogP contribution < -0.4 is 10.1 Å². The highest BCUT2D eigenvalue weighted by atomic mass is 19.1. The summed E-state index contributed by atoms with van der Waals surface area (Å²) < 4.78 is 19.1. The third kappa shape index (κ3) is 2.83. The van der Waals surface area contributed by atoms with Gasteiger partial charge in [0.05, 0.1) is 6.61 Å². The van der Waals surface area contributed by atoms with Crippen molar-refractivity contribution < 1.29 is 9.13 Å². The van der Waals surface area contributed by atoms with Crippen molar-refractivity contribution in [2.45, 2.75) is 45.1 Å². The first-order valence-corrected chi connectivity index (χ1v) is 6.73. The molecule has 1 aliphatic carbocycles. The fourth-order valence-corrected chi connectivity index (χ4v) is 2.22. The Labute approximate surface area is 109 Å². The topological polar surface area (TPSA) is 21.3 Å². The van der Waals surface area contributed by atoms with E-state index in [1.165, 1.54) is 0 Å². The Kier molecular flexibility index (Phi) is 3.91. The lowest BCUT2D eigenvalue weighted by Crippen LogP contribution is -2.32. The molecule has 2 nitrogen and oxygen atoms in total. The summed E-state index contributed by atoms with van der Waals surface area (Å²) in [6.45, 7) is 7.56. The molecule has 0 heterocycles. The molecule has 0 saturated heterocycles. The monoisotopic (exact) mass is 251 g/mol. The van der Waals surface area contributed by atoms with Crippen LogP contribution >= 0.6 is 0 Å². The van der Waals surface area contributed by atoms with Gasteiger partial charge in [-0.1, -0.05) is 19.9 Å². The number of hydrogen-bond acceptors (Lipinski definition) is 2. The van der Waals surface area contributed by atoms with Gasteiger partial charge in [0.25, 0.3) is 0 Å². The van der Waals surface area contributed by atoms with Crippen molar-refractivity contribution in [3.05, 3.63) is 29.6 Å². The zero-order chi connectivity index (χ0) is 13.2. The third-order valence-electron chi connectivity index (χ3n) is 3.55. The molecule has 0 amide bonds. The summed E-state index contributed by atoms with van der Waals surface area (Å²) in [5.41, 5.74) is 1.24. The van der Waals surface area contributed by atoms with Gasteiger partial charge >= 0.3 is 0 Å². The second kappa shape index (κ2) is 5.27. The fourth-order valence-electron chi connectivity index (χ4n) is 2.22. The van der Waals surface area contributed by atoms with E-state index in [0.717, 1.165) is 24.9 Å². The first-order valence-electron chi connectivity index (χ1n) is 6.73. The highest BCUT2D eigenvalue weighted by Crippen LogP contribution is 2.48. The molecule has 1 aromatic carbocycles. The van der Waals surface area contributed by atoms with Gasteiger partial charge in [-0.05, 0) is 37.5 Å². The minimum atomic E-state index is -0.245. The van der Waals surface area contributed by atoms with Crippen LogP contribution in [0.25, 0.3) is 0 Å². The summed E-state index contributed by atoms with van der Waals surface area (Å²) in [4.78, 5) is 0. The van der Waals surface area contributed by atoms with E-state index in [0.29, 0.717) is 18.4 Å². The molecule has 0 atom stereocenters. The zero-order valence-electron chi connectivity index (χ0n) is 11.4. The van der Waals surface area contributed by atoms with Gasteiger partial charge in [-0.25, -0.2) is 4.39 Å². The molecule has 0 aromatic heterocycles. The van der Waals surface area contributed by atoms with Gasteiger partial charge in [0.15, 0.2) is 11.6 Å². The normalized spacial score (nSPS) is 16.9. The van der Waals surface area contributed by atoms with Crippen LogP contribution in [0, 0.1) is 5.82 Å². The van der Waals surface area contributed by atoms with E-state index in [2.05, 4.69) is 19.2 Å². The second-order valence-electron chi connectivity index (χ2n) is 5.39. The van der Waals surface area contributed by atoms with Gasteiger partial charge in [0.1, 0.15) is 0 Å². The quantitative estimate of drug-likeness (QED) is 0.838. The molecular formula is C15H22FNO. The maximum Gasteiger partial charge on any atom is 0.165 e. The summed E-state index contributed by atoms with van der Waals surface area (Å²) in [5.74, 6) is 0.110. The molecule has 3 heteroatoms. The van der Waals surface area contributed by atoms with Crippen molar-refractivity contribution in [3.63, 3.8) is 0 Å². The number of halogens is 1. The Hall–Kier alpha value is -1.09. The first-order chi connectivity index (χ1) is 8.57. The van der Waals surface area contributed by atoms with Crippen LogP contribution in [0.4, 0.5) is 4.39 Å². The van der Waals surface area contributed by atoms with E-state index in [1.54, 1.807) is 12.1 Å². The molecule has 1 saturated carbocycles. The Morgan fingerprint density at radius 3 is 2.61 bits per heavy atom. The lowest BCUT2D eigenvalue weighted by molar-refractivity contribution is 0.321. The van der Waals surface area contributed by atoms with Gasteiger partial charge in [0, 0.05) is 18.0 Å². The molecule has 0 bridgehead atoms. The molecule has 0 unspecified atom stereocenters. The van der Waals surface area contributed by atoms with Crippen molar-refractivity contribution in [3.8, 4) is 5.75 Å². The Bertz CT molecular complexity index is 413. The third-order valence-corrected chi connectivity index (χ3v) is 3.55. The average Bonchev–Trinajstić information content (AvgIpc) is 3.10. The van der Waals surface area contributed by atoms with Crippen molar-refractivity contribution in [1.29, 1.82) is 0 Å². The summed E-state index contributed by atoms with van der Waals surface area (Å²) >= 11 is 0. The first kappa shape index (κ1) is 13.3. The van der Waals surface area contributed by atoms with E-state index >= 15 is 0 Å². The highest BCUT2D eigenvalue weighted by molar-refractivity contribution is 5.37. The van der Waals surface area contributed by atoms with Crippen LogP contribution in [0.15, 0.2) is 18.2 Å². The van der Waals surface area contributed by atoms with Crippen molar-refractivity contribution in [2.75, 3.05) is 13.2 Å². The molecule has 2 rings (SSSR count). The lowest BCUT2D eigenvalue weighted by Gasteiger charge is -2.19. The summed E-state index contributed by atoms with van der Waals surface area (Å²) in [7, 11) is 0. The molecule has 18 heavy (non-hydrogen) atoms. The van der Waals surface area contributed by atoms with Crippen molar-refractivity contribution >= 4 is 0 Å². The molecule has 1 aromatic rings. The summed E-state index contributed by atoms with van der Waals surface area (Å²) in [6, 6.07) is 5.86. The predicted molar refractivity (Wildman–Crippen MR) is 71.6 cm³/mol. The molecule has 0 radical (unpaired) electrons. The number of ether oxygens (including phenoxy) is 1. The lowest BCUT2D eigenvalue weighted by atomic mass is 9.95. The van der Waals surface area contributed by atoms with E-state index in [1.807, 2.05) is 13.0 Å². The van der Waals surface area contributed by atoms with Gasteiger partial charge in [0.2, 0.25) is 0 Å². The van der Waals surface area contributed by atoms with E-state index in [9.17, 15) is 4.39 Å².